The molecule has 1 N–H and O–H groups in total. The molecule has 1 heterocycles. The van der Waals surface area contributed by atoms with Crippen LogP contribution in [0.5, 0.6) is 0 Å². The van der Waals surface area contributed by atoms with Crippen LogP contribution in [0.15, 0.2) is 0 Å². The Bertz CT molecular complexity index is 122. The molecule has 0 saturated carbocycles. The monoisotopic (exact) mass is 117 g/mol. The molecule has 0 bridgehead atoms. The first-order valence-corrected chi connectivity index (χ1v) is 2.60. The van der Waals surface area contributed by atoms with Gasteiger partial charge in [0.15, 0.2) is 5.67 Å². The van der Waals surface area contributed by atoms with Gasteiger partial charge in [0.25, 0.3) is 5.91 Å². The van der Waals surface area contributed by atoms with Gasteiger partial charge in [-0.15, -0.1) is 0 Å². The summed E-state index contributed by atoms with van der Waals surface area (Å²) in [4.78, 5) is 10.4. The van der Waals surface area contributed by atoms with Crippen LogP contribution in [-0.4, -0.2) is 18.1 Å². The summed E-state index contributed by atoms with van der Waals surface area (Å²) in [6.07, 6.45) is 0.311. The highest BCUT2D eigenvalue weighted by Crippen LogP contribution is 2.18. The molecule has 0 aromatic carbocycles. The van der Waals surface area contributed by atoms with Gasteiger partial charge in [-0.2, -0.15) is 0 Å². The predicted octanol–water partition coefficient (Wildman–Crippen LogP) is 0.234. The molecule has 8 heavy (non-hydrogen) atoms. The minimum Gasteiger partial charge on any atom is -0.353 e. The van der Waals surface area contributed by atoms with E-state index in [1.54, 1.807) is 0 Å². The number of carbonyl (C=O) groups is 1. The van der Waals surface area contributed by atoms with E-state index in [1.165, 1.54) is 6.92 Å². The topological polar surface area (TPSA) is 29.1 Å². The molecule has 1 amide bonds. The molecule has 1 aliphatic rings. The van der Waals surface area contributed by atoms with Crippen LogP contribution in [0, 0.1) is 0 Å². The Hall–Kier alpha value is -0.600. The Balaban J connectivity index is 2.68. The van der Waals surface area contributed by atoms with Gasteiger partial charge in [-0.05, 0) is 6.92 Å². The quantitative estimate of drug-likeness (QED) is 0.483. The SMILES string of the molecule is CC1(F)CCNC1=O. The maximum Gasteiger partial charge on any atom is 0.257 e. The molecule has 2 nitrogen and oxygen atoms in total. The Morgan fingerprint density at radius 3 is 2.62 bits per heavy atom. The second-order valence-corrected chi connectivity index (χ2v) is 2.20. The summed E-state index contributed by atoms with van der Waals surface area (Å²) < 4.78 is 12.6. The lowest BCUT2D eigenvalue weighted by atomic mass is 10.1. The van der Waals surface area contributed by atoms with Gasteiger partial charge in [0.05, 0.1) is 0 Å². The zero-order valence-electron chi connectivity index (χ0n) is 4.70. The minimum absolute atomic E-state index is 0.311. The van der Waals surface area contributed by atoms with Gasteiger partial charge in [-0.3, -0.25) is 4.79 Å². The predicted molar refractivity (Wildman–Crippen MR) is 27.1 cm³/mol. The Morgan fingerprint density at radius 1 is 1.88 bits per heavy atom. The van der Waals surface area contributed by atoms with Gasteiger partial charge in [0.2, 0.25) is 0 Å². The smallest absolute Gasteiger partial charge is 0.257 e. The molecule has 0 aromatic rings. The van der Waals surface area contributed by atoms with Gasteiger partial charge in [0, 0.05) is 13.0 Å². The van der Waals surface area contributed by atoms with E-state index in [4.69, 9.17) is 0 Å². The summed E-state index contributed by atoms with van der Waals surface area (Å²) in [5.41, 5.74) is -1.60. The fourth-order valence-corrected chi connectivity index (χ4v) is 0.709. The van der Waals surface area contributed by atoms with Crippen molar-refractivity contribution in [2.45, 2.75) is 19.0 Å². The second-order valence-electron chi connectivity index (χ2n) is 2.20. The number of hydrogen-bond donors (Lipinski definition) is 1. The van der Waals surface area contributed by atoms with E-state index in [2.05, 4.69) is 5.32 Å². The van der Waals surface area contributed by atoms with Crippen molar-refractivity contribution in [1.82, 2.24) is 5.32 Å². The fraction of sp³-hybridized carbons (Fsp3) is 0.800. The Labute approximate surface area is 47.1 Å². The summed E-state index contributed by atoms with van der Waals surface area (Å²) in [6, 6.07) is 0. The van der Waals surface area contributed by atoms with Crippen LogP contribution in [-0.2, 0) is 4.79 Å². The van der Waals surface area contributed by atoms with Crippen molar-refractivity contribution >= 4 is 5.91 Å². The molecule has 0 spiro atoms. The third-order valence-electron chi connectivity index (χ3n) is 1.35. The lowest BCUT2D eigenvalue weighted by molar-refractivity contribution is -0.128. The third kappa shape index (κ3) is 0.680. The van der Waals surface area contributed by atoms with Gasteiger partial charge in [0.1, 0.15) is 0 Å². The van der Waals surface area contributed by atoms with E-state index in [-0.39, 0.29) is 0 Å². The van der Waals surface area contributed by atoms with Gasteiger partial charge in [-0.1, -0.05) is 0 Å². The van der Waals surface area contributed by atoms with Crippen LogP contribution in [0.3, 0.4) is 0 Å². The maximum atomic E-state index is 12.6. The first-order valence-electron chi connectivity index (χ1n) is 2.60. The number of hydrogen-bond acceptors (Lipinski definition) is 1. The molecule has 1 unspecified atom stereocenters. The minimum atomic E-state index is -1.60. The van der Waals surface area contributed by atoms with Gasteiger partial charge in [-0.25, -0.2) is 4.39 Å². The molecular formula is C5H8FNO. The highest BCUT2D eigenvalue weighted by molar-refractivity contribution is 5.86. The van der Waals surface area contributed by atoms with Crippen molar-refractivity contribution in [2.24, 2.45) is 0 Å². The highest BCUT2D eigenvalue weighted by Gasteiger charge is 2.37. The highest BCUT2D eigenvalue weighted by atomic mass is 19.1. The Morgan fingerprint density at radius 2 is 2.50 bits per heavy atom. The maximum absolute atomic E-state index is 12.6. The van der Waals surface area contributed by atoms with Crippen LogP contribution in [0.2, 0.25) is 0 Å². The van der Waals surface area contributed by atoms with Crippen molar-refractivity contribution in [3.05, 3.63) is 0 Å². The van der Waals surface area contributed by atoms with Gasteiger partial charge >= 0.3 is 0 Å². The van der Waals surface area contributed by atoms with Crippen molar-refractivity contribution in [2.75, 3.05) is 6.54 Å². The number of carbonyl (C=O) groups excluding carboxylic acids is 1. The third-order valence-corrected chi connectivity index (χ3v) is 1.35. The number of alkyl halides is 1. The molecular weight excluding hydrogens is 109 g/mol. The van der Waals surface area contributed by atoms with Crippen molar-refractivity contribution in [1.29, 1.82) is 0 Å². The summed E-state index contributed by atoms with van der Waals surface area (Å²) >= 11 is 0. The van der Waals surface area contributed by atoms with Crippen LogP contribution >= 0.6 is 0 Å². The number of nitrogens with one attached hydrogen (secondary N) is 1. The summed E-state index contributed by atoms with van der Waals surface area (Å²) in [7, 11) is 0. The average Bonchev–Trinajstić information content (AvgIpc) is 1.86. The largest absolute Gasteiger partial charge is 0.353 e. The van der Waals surface area contributed by atoms with E-state index >= 15 is 0 Å². The lowest BCUT2D eigenvalue weighted by Crippen LogP contribution is -2.29. The normalized spacial score (nSPS) is 37.5. The standard InChI is InChI=1S/C5H8FNO/c1-5(6)2-3-7-4(5)8/h2-3H2,1H3,(H,7,8). The van der Waals surface area contributed by atoms with Crippen LogP contribution < -0.4 is 5.32 Å². The molecule has 1 saturated heterocycles. The fourth-order valence-electron chi connectivity index (χ4n) is 0.709. The van der Waals surface area contributed by atoms with E-state index < -0.39 is 11.6 Å². The van der Waals surface area contributed by atoms with E-state index in [0.717, 1.165) is 0 Å². The molecule has 46 valence electrons. The molecule has 0 aliphatic carbocycles. The number of amides is 1. The molecule has 0 aromatic heterocycles. The lowest BCUT2D eigenvalue weighted by Gasteiger charge is -2.05. The van der Waals surface area contributed by atoms with E-state index in [1.807, 2.05) is 0 Å². The van der Waals surface area contributed by atoms with Crippen molar-refractivity contribution in [3.8, 4) is 0 Å². The summed E-state index contributed by atoms with van der Waals surface area (Å²) in [5, 5.41) is 2.40. The molecule has 1 fully saturated rings. The number of halogens is 1. The molecule has 1 atom stereocenters. The molecule has 1 aliphatic heterocycles. The summed E-state index contributed by atoms with van der Waals surface area (Å²) in [5.74, 6) is -0.475. The van der Waals surface area contributed by atoms with Crippen molar-refractivity contribution in [3.63, 3.8) is 0 Å². The zero-order chi connectivity index (χ0) is 6.20. The average molecular weight is 117 g/mol. The molecule has 0 radical (unpaired) electrons. The van der Waals surface area contributed by atoms with Crippen LogP contribution in [0.1, 0.15) is 13.3 Å². The molecule has 3 heteroatoms. The first-order chi connectivity index (χ1) is 3.63. The zero-order valence-corrected chi connectivity index (χ0v) is 4.70. The van der Waals surface area contributed by atoms with Gasteiger partial charge < -0.3 is 5.32 Å². The summed E-state index contributed by atoms with van der Waals surface area (Å²) in [6.45, 7) is 1.78. The van der Waals surface area contributed by atoms with Crippen LogP contribution in [0.4, 0.5) is 4.39 Å². The second kappa shape index (κ2) is 1.44. The van der Waals surface area contributed by atoms with Crippen LogP contribution in [0.25, 0.3) is 0 Å². The van der Waals surface area contributed by atoms with Crippen molar-refractivity contribution < 1.29 is 9.18 Å². The van der Waals surface area contributed by atoms with E-state index in [0.29, 0.717) is 13.0 Å². The van der Waals surface area contributed by atoms with E-state index in [9.17, 15) is 9.18 Å². The molecule has 1 rings (SSSR count). The number of rotatable bonds is 0. The Kier molecular flexibility index (Phi) is 0.994. The first kappa shape index (κ1) is 5.54.